The molecule has 0 radical (unpaired) electrons. The number of carbonyl (C=O) groups is 1. The van der Waals surface area contributed by atoms with Gasteiger partial charge in [-0.2, -0.15) is 0 Å². The van der Waals surface area contributed by atoms with Gasteiger partial charge in [-0.3, -0.25) is 14.8 Å². The third-order valence-electron chi connectivity index (χ3n) is 6.69. The van der Waals surface area contributed by atoms with Gasteiger partial charge in [0.2, 0.25) is 0 Å². The van der Waals surface area contributed by atoms with Crippen LogP contribution in [0.1, 0.15) is 66.0 Å². The minimum absolute atomic E-state index is 0.104. The lowest BCUT2D eigenvalue weighted by atomic mass is 9.80. The lowest BCUT2D eigenvalue weighted by molar-refractivity contribution is 0.0954. The van der Waals surface area contributed by atoms with Gasteiger partial charge in [-0.1, -0.05) is 18.2 Å². The van der Waals surface area contributed by atoms with Crippen LogP contribution in [0.4, 0.5) is 0 Å². The van der Waals surface area contributed by atoms with Crippen molar-refractivity contribution < 1.29 is 14.3 Å². The van der Waals surface area contributed by atoms with E-state index in [4.69, 9.17) is 14.5 Å². The zero-order valence-corrected chi connectivity index (χ0v) is 21.6. The van der Waals surface area contributed by atoms with Gasteiger partial charge in [0, 0.05) is 53.5 Å². The van der Waals surface area contributed by atoms with E-state index in [9.17, 15) is 4.79 Å². The van der Waals surface area contributed by atoms with Gasteiger partial charge < -0.3 is 14.8 Å². The fourth-order valence-corrected chi connectivity index (χ4v) is 5.19. The van der Waals surface area contributed by atoms with E-state index in [-0.39, 0.29) is 17.0 Å². The molecule has 0 saturated heterocycles. The van der Waals surface area contributed by atoms with Gasteiger partial charge in [0.1, 0.15) is 5.60 Å². The Bertz CT molecular complexity index is 1340. The highest BCUT2D eigenvalue weighted by atomic mass is 16.5. The van der Waals surface area contributed by atoms with Crippen molar-refractivity contribution in [2.24, 2.45) is 4.99 Å². The van der Waals surface area contributed by atoms with Crippen molar-refractivity contribution in [1.29, 1.82) is 0 Å². The summed E-state index contributed by atoms with van der Waals surface area (Å²) in [6.07, 6.45) is 4.03. The SMILES string of the molecule is COc1cc2c(c3c1OC(C)(C)C3)C(c1cccc(C(=O)NCCc3ccccn3)c1)=NC(C)(C)C2. The van der Waals surface area contributed by atoms with Crippen molar-refractivity contribution in [3.05, 3.63) is 88.2 Å². The Hall–Kier alpha value is -3.67. The molecule has 6 heteroatoms. The smallest absolute Gasteiger partial charge is 0.251 e. The largest absolute Gasteiger partial charge is 0.493 e. The number of pyridine rings is 1. The second-order valence-electron chi connectivity index (χ2n) is 10.8. The molecule has 0 saturated carbocycles. The average Bonchev–Trinajstić information content (AvgIpc) is 3.17. The number of nitrogens with one attached hydrogen (secondary N) is 1. The standard InChI is InChI=1S/C30H33N3O3/c1-29(2)17-21-16-24(35-5)27-23(18-30(3,4)36-27)25(21)26(33-29)19-9-8-10-20(15-19)28(34)32-14-12-22-11-6-7-13-31-22/h6-11,13,15-16H,12,14,17-18H2,1-5H3,(H,32,34). The first-order valence-electron chi connectivity index (χ1n) is 12.5. The van der Waals surface area contributed by atoms with Crippen LogP contribution in [-0.4, -0.2) is 41.4 Å². The molecule has 186 valence electrons. The van der Waals surface area contributed by atoms with E-state index >= 15 is 0 Å². The number of ether oxygens (including phenoxy) is 2. The third kappa shape index (κ3) is 4.72. The van der Waals surface area contributed by atoms with E-state index in [1.54, 1.807) is 13.3 Å². The molecule has 0 unspecified atom stereocenters. The summed E-state index contributed by atoms with van der Waals surface area (Å²) in [4.78, 5) is 22.5. The Kier molecular flexibility index (Phi) is 6.07. The summed E-state index contributed by atoms with van der Waals surface area (Å²) in [6, 6.07) is 15.7. The highest BCUT2D eigenvalue weighted by Crippen LogP contribution is 2.47. The van der Waals surface area contributed by atoms with Crippen LogP contribution >= 0.6 is 0 Å². The Balaban J connectivity index is 1.48. The molecular formula is C30H33N3O3. The van der Waals surface area contributed by atoms with Crippen molar-refractivity contribution in [2.75, 3.05) is 13.7 Å². The molecule has 6 nitrogen and oxygen atoms in total. The maximum Gasteiger partial charge on any atom is 0.251 e. The lowest BCUT2D eigenvalue weighted by Gasteiger charge is -2.31. The number of rotatable bonds is 6. The molecule has 0 atom stereocenters. The molecule has 3 heterocycles. The van der Waals surface area contributed by atoms with Crippen LogP contribution < -0.4 is 14.8 Å². The van der Waals surface area contributed by atoms with Gasteiger partial charge in [-0.25, -0.2) is 0 Å². The van der Waals surface area contributed by atoms with Gasteiger partial charge in [0.05, 0.1) is 18.4 Å². The van der Waals surface area contributed by atoms with E-state index in [1.165, 1.54) is 5.56 Å². The van der Waals surface area contributed by atoms with Crippen LogP contribution in [0.2, 0.25) is 0 Å². The van der Waals surface area contributed by atoms with Crippen molar-refractivity contribution in [1.82, 2.24) is 10.3 Å². The summed E-state index contributed by atoms with van der Waals surface area (Å²) in [7, 11) is 1.69. The van der Waals surface area contributed by atoms with Crippen molar-refractivity contribution >= 4 is 11.6 Å². The normalized spacial score (nSPS) is 16.9. The molecule has 2 aromatic carbocycles. The maximum atomic E-state index is 13.0. The van der Waals surface area contributed by atoms with Crippen LogP contribution in [0.15, 0.2) is 59.7 Å². The number of nitrogens with zero attached hydrogens (tertiary/aromatic N) is 2. The summed E-state index contributed by atoms with van der Waals surface area (Å²) in [5, 5.41) is 3.03. The molecule has 2 aliphatic rings. The van der Waals surface area contributed by atoms with E-state index in [2.05, 4.69) is 44.1 Å². The van der Waals surface area contributed by atoms with Crippen molar-refractivity contribution in [3.63, 3.8) is 0 Å². The first kappa shape index (κ1) is 24.0. The monoisotopic (exact) mass is 483 g/mol. The number of hydrogen-bond donors (Lipinski definition) is 1. The van der Waals surface area contributed by atoms with Gasteiger partial charge in [0.25, 0.3) is 5.91 Å². The molecule has 2 aliphatic heterocycles. The summed E-state index contributed by atoms with van der Waals surface area (Å²) in [6.45, 7) is 9.00. The zero-order chi connectivity index (χ0) is 25.5. The minimum Gasteiger partial charge on any atom is -0.493 e. The average molecular weight is 484 g/mol. The molecule has 3 aromatic rings. The van der Waals surface area contributed by atoms with E-state index < -0.39 is 0 Å². The molecule has 1 aromatic heterocycles. The van der Waals surface area contributed by atoms with Crippen LogP contribution in [0.5, 0.6) is 11.5 Å². The maximum absolute atomic E-state index is 13.0. The highest BCUT2D eigenvalue weighted by Gasteiger charge is 2.39. The zero-order valence-electron chi connectivity index (χ0n) is 21.6. The number of carbonyl (C=O) groups excluding carboxylic acids is 1. The fraction of sp³-hybridized carbons (Fsp3) is 0.367. The Labute approximate surface area is 212 Å². The van der Waals surface area contributed by atoms with Crippen LogP contribution in [0, 0.1) is 0 Å². The molecular weight excluding hydrogens is 450 g/mol. The topological polar surface area (TPSA) is 72.8 Å². The van der Waals surface area contributed by atoms with Crippen LogP contribution in [0.25, 0.3) is 0 Å². The predicted molar refractivity (Wildman–Crippen MR) is 142 cm³/mol. The molecule has 1 N–H and O–H groups in total. The Morgan fingerprint density at radius 2 is 1.92 bits per heavy atom. The van der Waals surface area contributed by atoms with E-state index in [0.29, 0.717) is 18.5 Å². The minimum atomic E-state index is -0.321. The number of amides is 1. The van der Waals surface area contributed by atoms with Gasteiger partial charge in [-0.15, -0.1) is 0 Å². The van der Waals surface area contributed by atoms with E-state index in [1.807, 2.05) is 42.5 Å². The molecule has 0 bridgehead atoms. The second kappa shape index (κ2) is 9.08. The number of hydrogen-bond acceptors (Lipinski definition) is 5. The summed E-state index contributed by atoms with van der Waals surface area (Å²) >= 11 is 0. The number of aliphatic imine (C=N–C) groups is 1. The molecule has 5 rings (SSSR count). The second-order valence-corrected chi connectivity index (χ2v) is 10.8. The molecule has 0 fully saturated rings. The van der Waals surface area contributed by atoms with Crippen molar-refractivity contribution in [3.8, 4) is 11.5 Å². The number of fused-ring (bicyclic) bond motifs is 3. The summed E-state index contributed by atoms with van der Waals surface area (Å²) < 4.78 is 12.0. The highest BCUT2D eigenvalue weighted by molar-refractivity contribution is 6.16. The Morgan fingerprint density at radius 3 is 2.67 bits per heavy atom. The Morgan fingerprint density at radius 1 is 1.08 bits per heavy atom. The third-order valence-corrected chi connectivity index (χ3v) is 6.69. The number of benzene rings is 2. The van der Waals surface area contributed by atoms with Gasteiger partial charge in [0.15, 0.2) is 11.5 Å². The summed E-state index contributed by atoms with van der Waals surface area (Å²) in [5.74, 6) is 1.47. The lowest BCUT2D eigenvalue weighted by Crippen LogP contribution is -2.31. The van der Waals surface area contributed by atoms with Crippen LogP contribution in [0.3, 0.4) is 0 Å². The number of methoxy groups -OCH3 is 1. The molecule has 0 aliphatic carbocycles. The molecule has 36 heavy (non-hydrogen) atoms. The number of aromatic nitrogens is 1. The van der Waals surface area contributed by atoms with E-state index in [0.717, 1.165) is 52.4 Å². The molecule has 1 amide bonds. The van der Waals surface area contributed by atoms with Crippen LogP contribution in [-0.2, 0) is 19.3 Å². The fourth-order valence-electron chi connectivity index (χ4n) is 5.19. The van der Waals surface area contributed by atoms with Gasteiger partial charge >= 0.3 is 0 Å². The molecule has 0 spiro atoms. The first-order chi connectivity index (χ1) is 17.2. The predicted octanol–water partition coefficient (Wildman–Crippen LogP) is 4.95. The summed E-state index contributed by atoms with van der Waals surface area (Å²) in [5.41, 5.74) is 6.25. The quantitative estimate of drug-likeness (QED) is 0.539. The first-order valence-corrected chi connectivity index (χ1v) is 12.5. The van der Waals surface area contributed by atoms with Crippen molar-refractivity contribution in [2.45, 2.75) is 58.1 Å². The van der Waals surface area contributed by atoms with Gasteiger partial charge in [-0.05, 0) is 70.0 Å².